The van der Waals surface area contributed by atoms with Crippen LogP contribution in [0.25, 0.3) is 0 Å². The molecule has 2 heterocycles. The average Bonchev–Trinajstić information content (AvgIpc) is 3.34. The molecule has 2 aliphatic heterocycles. The topological polar surface area (TPSA) is 73.8 Å². The molecule has 8 nitrogen and oxygen atoms in total. The molecule has 180 valence electrons. The van der Waals surface area contributed by atoms with Gasteiger partial charge >= 0.3 is 14.2 Å². The molecule has 2 aromatic rings. The maximum Gasteiger partial charge on any atom is 0.498 e. The van der Waals surface area contributed by atoms with Crippen molar-refractivity contribution >= 4 is 25.2 Å². The summed E-state index contributed by atoms with van der Waals surface area (Å²) >= 11 is 0. The van der Waals surface area contributed by atoms with Crippen molar-refractivity contribution in [3.05, 3.63) is 60.7 Å². The summed E-state index contributed by atoms with van der Waals surface area (Å²) in [4.78, 5) is 0. The predicted molar refractivity (Wildman–Crippen MR) is 125 cm³/mol. The van der Waals surface area contributed by atoms with E-state index < -0.39 is 37.4 Å². The van der Waals surface area contributed by atoms with Gasteiger partial charge in [-0.1, -0.05) is 60.7 Å². The van der Waals surface area contributed by atoms with Crippen LogP contribution >= 0.6 is 0 Å². The van der Waals surface area contributed by atoms with Gasteiger partial charge in [0.05, 0.1) is 0 Å². The third-order valence-corrected chi connectivity index (χ3v) is 6.36. The van der Waals surface area contributed by atoms with Crippen LogP contribution in [0.15, 0.2) is 60.7 Å². The summed E-state index contributed by atoms with van der Waals surface area (Å²) < 4.78 is 51.7. The van der Waals surface area contributed by atoms with Crippen LogP contribution < -0.4 is 10.9 Å². The maximum atomic E-state index is 6.58. The first-order chi connectivity index (χ1) is 16.6. The molecule has 0 N–H and O–H groups in total. The van der Waals surface area contributed by atoms with Crippen molar-refractivity contribution in [1.29, 1.82) is 0 Å². The first-order valence-corrected chi connectivity index (χ1v) is 12.0. The van der Waals surface area contributed by atoms with Crippen molar-refractivity contribution in [3.63, 3.8) is 0 Å². The van der Waals surface area contributed by atoms with E-state index >= 15 is 0 Å². The molecular weight excluding hydrogens is 438 g/mol. The molecular formula is C24H30B2O8. The van der Waals surface area contributed by atoms with Crippen LogP contribution in [0.2, 0.25) is 0 Å². The molecule has 0 amide bonds. The monoisotopic (exact) mass is 468 g/mol. The van der Waals surface area contributed by atoms with Gasteiger partial charge in [0.1, 0.15) is 0 Å². The smallest absolute Gasteiger partial charge is 0.370 e. The molecule has 0 atom stereocenters. The van der Waals surface area contributed by atoms with Crippen LogP contribution in [0.3, 0.4) is 0 Å². The minimum Gasteiger partial charge on any atom is -0.370 e. The second-order valence-corrected chi connectivity index (χ2v) is 8.16. The maximum absolute atomic E-state index is 6.58. The van der Waals surface area contributed by atoms with Crippen LogP contribution in [-0.4, -0.2) is 63.8 Å². The Labute approximate surface area is 201 Å². The SMILES string of the molecule is CCOC12OB(c3ccccc3)OC1(OCC)C1(OCC)OB(c3ccccc3)OC21OCC. The van der Waals surface area contributed by atoms with Crippen LogP contribution in [0.1, 0.15) is 27.7 Å². The summed E-state index contributed by atoms with van der Waals surface area (Å²) in [5, 5.41) is 0. The normalized spacial score (nSPS) is 34.1. The minimum absolute atomic E-state index is 0.288. The van der Waals surface area contributed by atoms with Crippen molar-refractivity contribution in [3.8, 4) is 0 Å². The Morgan fingerprint density at radius 3 is 1.00 bits per heavy atom. The summed E-state index contributed by atoms with van der Waals surface area (Å²) in [6.45, 7) is 8.63. The van der Waals surface area contributed by atoms with Gasteiger partial charge in [-0.15, -0.1) is 0 Å². The van der Waals surface area contributed by atoms with Gasteiger partial charge in [-0.2, -0.15) is 0 Å². The van der Waals surface area contributed by atoms with Gasteiger partial charge in [0, 0.05) is 26.4 Å². The van der Waals surface area contributed by atoms with Crippen molar-refractivity contribution in [2.45, 2.75) is 50.8 Å². The number of benzene rings is 2. The van der Waals surface area contributed by atoms with Crippen LogP contribution in [-0.2, 0) is 37.6 Å². The summed E-state index contributed by atoms with van der Waals surface area (Å²) in [5.41, 5.74) is 1.59. The van der Waals surface area contributed by atoms with E-state index in [1.54, 1.807) is 0 Å². The minimum atomic E-state index is -1.61. The highest BCUT2D eigenvalue weighted by Crippen LogP contribution is 2.72. The largest absolute Gasteiger partial charge is 0.498 e. The van der Waals surface area contributed by atoms with Gasteiger partial charge in [0.25, 0.3) is 23.1 Å². The van der Waals surface area contributed by atoms with Gasteiger partial charge < -0.3 is 37.6 Å². The number of hydrogen-bond donors (Lipinski definition) is 0. The van der Waals surface area contributed by atoms with E-state index in [2.05, 4.69) is 0 Å². The molecule has 1 saturated carbocycles. The molecule has 3 fully saturated rings. The van der Waals surface area contributed by atoms with Gasteiger partial charge in [-0.25, -0.2) is 0 Å². The van der Waals surface area contributed by atoms with Gasteiger partial charge in [0.15, 0.2) is 0 Å². The highest BCUT2D eigenvalue weighted by atomic mass is 17.0. The molecule has 0 aromatic heterocycles. The number of fused-ring (bicyclic) bond motifs is 4. The van der Waals surface area contributed by atoms with E-state index in [1.807, 2.05) is 88.4 Å². The summed E-state index contributed by atoms with van der Waals surface area (Å²) in [5.74, 6) is -6.44. The Morgan fingerprint density at radius 2 is 0.765 bits per heavy atom. The molecule has 0 unspecified atom stereocenters. The lowest BCUT2D eigenvalue weighted by molar-refractivity contribution is -0.599. The molecule has 0 spiro atoms. The molecule has 1 aliphatic carbocycles. The molecule has 2 aromatic carbocycles. The Hall–Kier alpha value is -1.75. The van der Waals surface area contributed by atoms with E-state index in [1.165, 1.54) is 0 Å². The van der Waals surface area contributed by atoms with Crippen LogP contribution in [0, 0.1) is 0 Å². The average molecular weight is 468 g/mol. The summed E-state index contributed by atoms with van der Waals surface area (Å²) in [7, 11) is -1.64. The lowest BCUT2D eigenvalue weighted by Gasteiger charge is -2.68. The zero-order valence-electron chi connectivity index (χ0n) is 20.0. The number of ether oxygens (including phenoxy) is 4. The van der Waals surface area contributed by atoms with Gasteiger partial charge in [0.2, 0.25) is 0 Å². The zero-order chi connectivity index (χ0) is 23.9. The number of rotatable bonds is 10. The highest BCUT2D eigenvalue weighted by Gasteiger charge is 3.03. The standard InChI is InChI=1S/C24H30B2O8/c1-5-27-21-22(28-6-2,32-25(31-21)19-15-11-9-12-16-19)24(30-8-4)23(21,29-7-3)33-26(34-24)20-17-13-10-14-18-20/h9-18H,5-8H2,1-4H3. The Morgan fingerprint density at radius 1 is 0.500 bits per heavy atom. The molecule has 10 heteroatoms. The number of hydrogen-bond acceptors (Lipinski definition) is 8. The van der Waals surface area contributed by atoms with E-state index in [0.29, 0.717) is 0 Å². The zero-order valence-corrected chi connectivity index (χ0v) is 20.0. The van der Waals surface area contributed by atoms with Crippen molar-refractivity contribution < 1.29 is 37.6 Å². The van der Waals surface area contributed by atoms with E-state index in [9.17, 15) is 0 Å². The molecule has 3 aliphatic rings. The molecule has 0 bridgehead atoms. The van der Waals surface area contributed by atoms with Gasteiger partial charge in [-0.3, -0.25) is 0 Å². The lowest BCUT2D eigenvalue weighted by atomic mass is 9.68. The van der Waals surface area contributed by atoms with E-state index in [4.69, 9.17) is 37.6 Å². The Kier molecular flexibility index (Phi) is 6.37. The predicted octanol–water partition coefficient (Wildman–Crippen LogP) is 1.82. The third-order valence-electron chi connectivity index (χ3n) is 6.36. The Balaban J connectivity index is 1.68. The summed E-state index contributed by atoms with van der Waals surface area (Å²) in [6.07, 6.45) is 0. The fourth-order valence-corrected chi connectivity index (χ4v) is 5.28. The van der Waals surface area contributed by atoms with Crippen LogP contribution in [0.5, 0.6) is 0 Å². The highest BCUT2D eigenvalue weighted by molar-refractivity contribution is 6.63. The van der Waals surface area contributed by atoms with Crippen molar-refractivity contribution in [1.82, 2.24) is 0 Å². The molecule has 34 heavy (non-hydrogen) atoms. The van der Waals surface area contributed by atoms with Crippen molar-refractivity contribution in [2.75, 3.05) is 26.4 Å². The fourth-order valence-electron chi connectivity index (χ4n) is 5.28. The molecule has 2 saturated heterocycles. The fraction of sp³-hybridized carbons (Fsp3) is 0.500. The van der Waals surface area contributed by atoms with Crippen LogP contribution in [0.4, 0.5) is 0 Å². The second kappa shape index (κ2) is 9.04. The second-order valence-electron chi connectivity index (χ2n) is 8.16. The van der Waals surface area contributed by atoms with Crippen molar-refractivity contribution in [2.24, 2.45) is 0 Å². The summed E-state index contributed by atoms with van der Waals surface area (Å²) in [6, 6.07) is 19.2. The third kappa shape index (κ3) is 2.91. The molecule has 0 radical (unpaired) electrons. The first-order valence-electron chi connectivity index (χ1n) is 12.0. The molecule has 5 rings (SSSR count). The van der Waals surface area contributed by atoms with E-state index in [0.717, 1.165) is 10.9 Å². The van der Waals surface area contributed by atoms with Gasteiger partial charge in [-0.05, 0) is 38.6 Å². The lowest BCUT2D eigenvalue weighted by Crippen LogP contribution is -2.95. The van der Waals surface area contributed by atoms with E-state index in [-0.39, 0.29) is 26.4 Å². The quantitative estimate of drug-likeness (QED) is 0.490. The Bertz CT molecular complexity index is 848. The first kappa shape index (κ1) is 24.0.